The molecule has 0 spiro atoms. The highest BCUT2D eigenvalue weighted by Gasteiger charge is 2.17. The number of hydrogen-bond acceptors (Lipinski definition) is 5. The van der Waals surface area contributed by atoms with Crippen molar-refractivity contribution in [2.24, 2.45) is 5.92 Å². The number of amides is 2. The molecule has 0 saturated carbocycles. The van der Waals surface area contributed by atoms with Gasteiger partial charge in [-0.2, -0.15) is 4.98 Å². The number of benzene rings is 3. The Labute approximate surface area is 219 Å². The van der Waals surface area contributed by atoms with E-state index in [9.17, 15) is 4.79 Å². The Hall–Kier alpha value is -4.36. The zero-order valence-corrected chi connectivity index (χ0v) is 20.7. The van der Waals surface area contributed by atoms with Gasteiger partial charge in [-0.25, -0.2) is 9.78 Å². The molecule has 2 amide bonds. The summed E-state index contributed by atoms with van der Waals surface area (Å²) in [6, 6.07) is 19.4. The molecule has 1 aliphatic carbocycles. The van der Waals surface area contributed by atoms with Crippen LogP contribution in [0.2, 0.25) is 5.02 Å². The Bertz CT molecular complexity index is 1560. The first kappa shape index (κ1) is 23.1. The molecule has 1 aliphatic heterocycles. The number of halogens is 1. The maximum absolute atomic E-state index is 13.1. The fraction of sp³-hybridized carbons (Fsp3) is 0.138. The summed E-state index contributed by atoms with van der Waals surface area (Å²) in [4.78, 5) is 21.9. The number of allylic oxidation sites excluding steroid dienone is 4. The van der Waals surface area contributed by atoms with Gasteiger partial charge in [0, 0.05) is 22.5 Å². The number of carbonyl (C=O) groups is 1. The average molecular weight is 509 g/mol. The predicted octanol–water partition coefficient (Wildman–Crippen LogP) is 7.49. The molecule has 8 heteroatoms. The standard InChI is InChI=1S/C29H25ClN6O/c30-24-17-31-28-33-21-8-3-5-18(15-21)11-12-20-16-22(32-27(24)36-28)13-14-25(20)34-29(37)35-26-10-4-7-19-6-1-2-9-23(19)26/h1-10,13-14,16-18H,11-12,15H2,(H2,34,35,37)(H2,31,32,33,36). The van der Waals surface area contributed by atoms with Crippen LogP contribution in [0.3, 0.4) is 0 Å². The molecule has 3 aromatic carbocycles. The Balaban J connectivity index is 1.29. The van der Waals surface area contributed by atoms with Gasteiger partial charge < -0.3 is 21.3 Å². The van der Waals surface area contributed by atoms with Crippen molar-refractivity contribution in [3.8, 4) is 0 Å². The van der Waals surface area contributed by atoms with Gasteiger partial charge in [0.2, 0.25) is 5.95 Å². The van der Waals surface area contributed by atoms with E-state index in [-0.39, 0.29) is 6.03 Å². The first-order chi connectivity index (χ1) is 18.1. The zero-order valence-electron chi connectivity index (χ0n) is 20.0. The highest BCUT2D eigenvalue weighted by molar-refractivity contribution is 6.32. The number of anilines is 5. The molecular formula is C29H25ClN6O. The van der Waals surface area contributed by atoms with Crippen LogP contribution in [-0.2, 0) is 6.42 Å². The Morgan fingerprint density at radius 3 is 2.81 bits per heavy atom. The fourth-order valence-electron chi connectivity index (χ4n) is 4.79. The smallest absolute Gasteiger partial charge is 0.323 e. The van der Waals surface area contributed by atoms with Crippen LogP contribution in [0.15, 0.2) is 90.8 Å². The molecule has 0 saturated heterocycles. The van der Waals surface area contributed by atoms with E-state index in [1.807, 2.05) is 66.7 Å². The van der Waals surface area contributed by atoms with Crippen LogP contribution in [0.1, 0.15) is 18.4 Å². The molecule has 1 unspecified atom stereocenters. The molecule has 0 radical (unpaired) electrons. The van der Waals surface area contributed by atoms with E-state index in [4.69, 9.17) is 11.6 Å². The van der Waals surface area contributed by atoms with Crippen molar-refractivity contribution in [1.82, 2.24) is 9.97 Å². The third-order valence-electron chi connectivity index (χ3n) is 6.62. The van der Waals surface area contributed by atoms with E-state index in [0.717, 1.165) is 58.4 Å². The van der Waals surface area contributed by atoms with E-state index >= 15 is 0 Å². The van der Waals surface area contributed by atoms with Crippen molar-refractivity contribution >= 4 is 57.2 Å². The van der Waals surface area contributed by atoms with Gasteiger partial charge in [0.05, 0.1) is 11.9 Å². The second kappa shape index (κ2) is 9.95. The number of rotatable bonds is 2. The largest absolute Gasteiger partial charge is 0.339 e. The van der Waals surface area contributed by atoms with E-state index in [1.54, 1.807) is 6.20 Å². The lowest BCUT2D eigenvalue weighted by Crippen LogP contribution is -2.20. The quantitative estimate of drug-likeness (QED) is 0.225. The van der Waals surface area contributed by atoms with Gasteiger partial charge in [-0.05, 0) is 66.5 Å². The average Bonchev–Trinajstić information content (AvgIpc) is 2.91. The summed E-state index contributed by atoms with van der Waals surface area (Å²) in [6.07, 6.45) is 10.5. The number of aromatic nitrogens is 2. The summed E-state index contributed by atoms with van der Waals surface area (Å²) in [5, 5.41) is 15.2. The number of aryl methyl sites for hydroxylation is 1. The van der Waals surface area contributed by atoms with Crippen molar-refractivity contribution in [2.45, 2.75) is 19.3 Å². The van der Waals surface area contributed by atoms with Gasteiger partial charge in [-0.1, -0.05) is 60.2 Å². The minimum atomic E-state index is -0.285. The van der Waals surface area contributed by atoms with Gasteiger partial charge in [0.25, 0.3) is 0 Å². The predicted molar refractivity (Wildman–Crippen MR) is 151 cm³/mol. The topological polar surface area (TPSA) is 91.0 Å². The van der Waals surface area contributed by atoms with Crippen LogP contribution >= 0.6 is 11.6 Å². The fourth-order valence-corrected chi connectivity index (χ4v) is 4.92. The maximum atomic E-state index is 13.1. The Morgan fingerprint density at radius 2 is 1.86 bits per heavy atom. The summed E-state index contributed by atoms with van der Waals surface area (Å²) in [5.41, 5.74) is 4.45. The molecular weight excluding hydrogens is 484 g/mol. The SMILES string of the molecule is O=C(Nc1ccc2cc1CCC1C=CC=C(C1)Nc1ncc(Cl)c(n1)N2)Nc1cccc2ccccc12. The molecule has 2 aliphatic rings. The van der Waals surface area contributed by atoms with Crippen molar-refractivity contribution in [2.75, 3.05) is 21.3 Å². The van der Waals surface area contributed by atoms with Crippen molar-refractivity contribution < 1.29 is 4.79 Å². The minimum Gasteiger partial charge on any atom is -0.339 e. The molecule has 4 aromatic rings. The highest BCUT2D eigenvalue weighted by atomic mass is 35.5. The van der Waals surface area contributed by atoms with Gasteiger partial charge in [0.15, 0.2) is 5.82 Å². The molecule has 184 valence electrons. The van der Waals surface area contributed by atoms with Crippen molar-refractivity contribution in [3.63, 3.8) is 0 Å². The Morgan fingerprint density at radius 1 is 1.00 bits per heavy atom. The molecule has 0 fully saturated rings. The van der Waals surface area contributed by atoms with E-state index in [1.165, 1.54) is 0 Å². The van der Waals surface area contributed by atoms with Crippen LogP contribution < -0.4 is 21.3 Å². The third kappa shape index (κ3) is 5.13. The lowest BCUT2D eigenvalue weighted by molar-refractivity contribution is 0.262. The summed E-state index contributed by atoms with van der Waals surface area (Å²) in [7, 11) is 0. The van der Waals surface area contributed by atoms with Crippen LogP contribution in [0, 0.1) is 5.92 Å². The number of fused-ring (bicyclic) bond motifs is 7. The Kier molecular flexibility index (Phi) is 6.20. The highest BCUT2D eigenvalue weighted by Crippen LogP contribution is 2.32. The second-order valence-electron chi connectivity index (χ2n) is 9.20. The monoisotopic (exact) mass is 508 g/mol. The minimum absolute atomic E-state index is 0.285. The number of hydrogen-bond donors (Lipinski definition) is 4. The van der Waals surface area contributed by atoms with Gasteiger partial charge in [0.1, 0.15) is 5.02 Å². The molecule has 6 rings (SSSR count). The van der Waals surface area contributed by atoms with E-state index < -0.39 is 0 Å². The van der Waals surface area contributed by atoms with Gasteiger partial charge in [-0.3, -0.25) is 0 Å². The molecule has 7 nitrogen and oxygen atoms in total. The summed E-state index contributed by atoms with van der Waals surface area (Å²) in [5.74, 6) is 1.37. The molecule has 1 aromatic heterocycles. The lowest BCUT2D eigenvalue weighted by Gasteiger charge is -2.20. The van der Waals surface area contributed by atoms with E-state index in [0.29, 0.717) is 22.7 Å². The molecule has 2 heterocycles. The maximum Gasteiger partial charge on any atom is 0.323 e. The van der Waals surface area contributed by atoms with Crippen LogP contribution in [0.5, 0.6) is 0 Å². The third-order valence-corrected chi connectivity index (χ3v) is 6.89. The number of carbonyl (C=O) groups excluding carboxylic acids is 1. The molecule has 1 atom stereocenters. The summed E-state index contributed by atoms with van der Waals surface area (Å²) < 4.78 is 0. The number of urea groups is 1. The van der Waals surface area contributed by atoms with Crippen LogP contribution in [0.25, 0.3) is 10.8 Å². The first-order valence-electron chi connectivity index (χ1n) is 12.2. The lowest BCUT2D eigenvalue weighted by atomic mass is 9.91. The summed E-state index contributed by atoms with van der Waals surface area (Å²) >= 11 is 6.38. The van der Waals surface area contributed by atoms with Gasteiger partial charge >= 0.3 is 6.03 Å². The first-order valence-corrected chi connectivity index (χ1v) is 12.6. The molecule has 37 heavy (non-hydrogen) atoms. The normalized spacial score (nSPS) is 16.2. The summed E-state index contributed by atoms with van der Waals surface area (Å²) in [6.45, 7) is 0. The second-order valence-corrected chi connectivity index (χ2v) is 9.60. The van der Waals surface area contributed by atoms with E-state index in [2.05, 4.69) is 43.4 Å². The molecule has 6 bridgehead atoms. The van der Waals surface area contributed by atoms with Crippen LogP contribution in [-0.4, -0.2) is 16.0 Å². The van der Waals surface area contributed by atoms with Crippen molar-refractivity contribution in [1.29, 1.82) is 0 Å². The number of nitrogens with zero attached hydrogens (tertiary/aromatic N) is 2. The number of nitrogens with one attached hydrogen (secondary N) is 4. The molecule has 4 N–H and O–H groups in total. The van der Waals surface area contributed by atoms with Gasteiger partial charge in [-0.15, -0.1) is 0 Å². The zero-order chi connectivity index (χ0) is 25.2. The van der Waals surface area contributed by atoms with Crippen LogP contribution in [0.4, 0.5) is 33.6 Å². The van der Waals surface area contributed by atoms with Crippen molar-refractivity contribution in [3.05, 3.63) is 101 Å².